The van der Waals surface area contributed by atoms with E-state index >= 15 is 0 Å². The first kappa shape index (κ1) is 11.0. The SMILES string of the molecule is CC(=O)N1C[C@@H](C)C2CCCCC2[C@H]1C. The van der Waals surface area contributed by atoms with Gasteiger partial charge in [-0.05, 0) is 37.5 Å². The quantitative estimate of drug-likeness (QED) is 0.600. The first-order chi connectivity index (χ1) is 7.11. The van der Waals surface area contributed by atoms with Crippen molar-refractivity contribution in [2.45, 2.75) is 52.5 Å². The summed E-state index contributed by atoms with van der Waals surface area (Å²) in [5.41, 5.74) is 0. The minimum absolute atomic E-state index is 0.262. The number of rotatable bonds is 0. The number of nitrogens with zero attached hydrogens (tertiary/aromatic N) is 1. The Hall–Kier alpha value is -0.530. The van der Waals surface area contributed by atoms with Crippen LogP contribution in [0.2, 0.25) is 0 Å². The first-order valence-electron chi connectivity index (χ1n) is 6.38. The van der Waals surface area contributed by atoms with Crippen LogP contribution < -0.4 is 0 Å². The van der Waals surface area contributed by atoms with Gasteiger partial charge in [-0.1, -0.05) is 19.8 Å². The van der Waals surface area contributed by atoms with Crippen molar-refractivity contribution in [1.29, 1.82) is 0 Å². The average molecular weight is 209 g/mol. The van der Waals surface area contributed by atoms with Crippen LogP contribution >= 0.6 is 0 Å². The standard InChI is InChI=1S/C13H23NO/c1-9-8-14(11(3)15)10(2)13-7-5-4-6-12(9)13/h9-10,12-13H,4-8H2,1-3H3/t9-,10-,12?,13?/m1/s1. The Morgan fingerprint density at radius 1 is 1.13 bits per heavy atom. The fraction of sp³-hybridized carbons (Fsp3) is 0.923. The van der Waals surface area contributed by atoms with Gasteiger partial charge in [0.25, 0.3) is 0 Å². The molecular weight excluding hydrogens is 186 g/mol. The summed E-state index contributed by atoms with van der Waals surface area (Å²) in [6, 6.07) is 0.476. The highest BCUT2D eigenvalue weighted by Crippen LogP contribution is 2.42. The van der Waals surface area contributed by atoms with E-state index in [1.54, 1.807) is 6.92 Å². The Bertz CT molecular complexity index is 251. The molecular formula is C13H23NO. The third kappa shape index (κ3) is 1.91. The third-order valence-electron chi connectivity index (χ3n) is 4.61. The van der Waals surface area contributed by atoms with Crippen LogP contribution in [0.4, 0.5) is 0 Å². The Balaban J connectivity index is 2.14. The fourth-order valence-electron chi connectivity index (χ4n) is 3.75. The molecule has 0 radical (unpaired) electrons. The van der Waals surface area contributed by atoms with E-state index in [2.05, 4.69) is 18.7 Å². The smallest absolute Gasteiger partial charge is 0.219 e. The molecule has 86 valence electrons. The summed E-state index contributed by atoms with van der Waals surface area (Å²) in [6.07, 6.45) is 5.49. The lowest BCUT2D eigenvalue weighted by molar-refractivity contribution is -0.138. The monoisotopic (exact) mass is 209 g/mol. The summed E-state index contributed by atoms with van der Waals surface area (Å²) in [6.45, 7) is 7.27. The third-order valence-corrected chi connectivity index (χ3v) is 4.61. The molecule has 4 atom stereocenters. The lowest BCUT2D eigenvalue weighted by Crippen LogP contribution is -2.53. The molecule has 0 aromatic carbocycles. The second kappa shape index (κ2) is 4.15. The van der Waals surface area contributed by atoms with Gasteiger partial charge < -0.3 is 4.90 Å². The van der Waals surface area contributed by atoms with Crippen LogP contribution in [0.15, 0.2) is 0 Å². The molecule has 1 saturated heterocycles. The number of carbonyl (C=O) groups is 1. The molecule has 15 heavy (non-hydrogen) atoms. The molecule has 0 aromatic rings. The van der Waals surface area contributed by atoms with Crippen molar-refractivity contribution in [3.63, 3.8) is 0 Å². The number of amides is 1. The van der Waals surface area contributed by atoms with Gasteiger partial charge in [0.1, 0.15) is 0 Å². The highest BCUT2D eigenvalue weighted by molar-refractivity contribution is 5.73. The molecule has 2 unspecified atom stereocenters. The van der Waals surface area contributed by atoms with Gasteiger partial charge in [-0.15, -0.1) is 0 Å². The molecule has 2 nitrogen and oxygen atoms in total. The highest BCUT2D eigenvalue weighted by Gasteiger charge is 2.41. The molecule has 0 N–H and O–H groups in total. The Morgan fingerprint density at radius 2 is 1.73 bits per heavy atom. The number of piperidine rings is 1. The molecule has 1 amide bonds. The van der Waals surface area contributed by atoms with E-state index in [0.717, 1.165) is 18.4 Å². The second-order valence-electron chi connectivity index (χ2n) is 5.50. The zero-order chi connectivity index (χ0) is 11.0. The molecule has 2 heteroatoms. The molecule has 0 aromatic heterocycles. The molecule has 0 bridgehead atoms. The maximum absolute atomic E-state index is 11.6. The zero-order valence-electron chi connectivity index (χ0n) is 10.2. The van der Waals surface area contributed by atoms with E-state index in [4.69, 9.17) is 0 Å². The van der Waals surface area contributed by atoms with E-state index in [0.29, 0.717) is 12.0 Å². The van der Waals surface area contributed by atoms with E-state index in [9.17, 15) is 4.79 Å². The second-order valence-corrected chi connectivity index (χ2v) is 5.50. The van der Waals surface area contributed by atoms with Crippen molar-refractivity contribution in [2.24, 2.45) is 17.8 Å². The summed E-state index contributed by atoms with van der Waals surface area (Å²) < 4.78 is 0. The van der Waals surface area contributed by atoms with E-state index < -0.39 is 0 Å². The topological polar surface area (TPSA) is 20.3 Å². The molecule has 1 heterocycles. The zero-order valence-corrected chi connectivity index (χ0v) is 10.2. The molecule has 1 aliphatic carbocycles. The van der Waals surface area contributed by atoms with Crippen LogP contribution in [0, 0.1) is 17.8 Å². The lowest BCUT2D eigenvalue weighted by atomic mass is 9.67. The largest absolute Gasteiger partial charge is 0.340 e. The minimum Gasteiger partial charge on any atom is -0.340 e. The van der Waals surface area contributed by atoms with Crippen LogP contribution in [0.3, 0.4) is 0 Å². The summed E-state index contributed by atoms with van der Waals surface area (Å²) in [4.78, 5) is 13.6. The Labute approximate surface area is 93.0 Å². The van der Waals surface area contributed by atoms with Gasteiger partial charge in [-0.25, -0.2) is 0 Å². The number of carbonyl (C=O) groups excluding carboxylic acids is 1. The molecule has 1 saturated carbocycles. The van der Waals surface area contributed by atoms with Crippen LogP contribution in [0.1, 0.15) is 46.5 Å². The van der Waals surface area contributed by atoms with Crippen molar-refractivity contribution in [3.05, 3.63) is 0 Å². The van der Waals surface area contributed by atoms with Gasteiger partial charge in [-0.3, -0.25) is 4.79 Å². The summed E-state index contributed by atoms with van der Waals surface area (Å²) in [5.74, 6) is 2.62. The van der Waals surface area contributed by atoms with Crippen LogP contribution in [0.25, 0.3) is 0 Å². The fourth-order valence-corrected chi connectivity index (χ4v) is 3.75. The maximum atomic E-state index is 11.6. The maximum Gasteiger partial charge on any atom is 0.219 e. The van der Waals surface area contributed by atoms with Crippen molar-refractivity contribution < 1.29 is 4.79 Å². The van der Waals surface area contributed by atoms with Gasteiger partial charge in [0.2, 0.25) is 5.91 Å². The lowest BCUT2D eigenvalue weighted by Gasteiger charge is -2.49. The van der Waals surface area contributed by atoms with E-state index in [-0.39, 0.29) is 5.91 Å². The van der Waals surface area contributed by atoms with Crippen LogP contribution in [-0.2, 0) is 4.79 Å². The predicted molar refractivity (Wildman–Crippen MR) is 61.5 cm³/mol. The van der Waals surface area contributed by atoms with Gasteiger partial charge >= 0.3 is 0 Å². The Morgan fingerprint density at radius 3 is 2.33 bits per heavy atom. The van der Waals surface area contributed by atoms with E-state index in [1.807, 2.05) is 0 Å². The molecule has 2 rings (SSSR count). The van der Waals surface area contributed by atoms with Crippen molar-refractivity contribution in [1.82, 2.24) is 4.90 Å². The molecule has 2 aliphatic rings. The predicted octanol–water partition coefficient (Wildman–Crippen LogP) is 2.68. The Kier molecular flexibility index (Phi) is 3.03. The number of hydrogen-bond acceptors (Lipinski definition) is 1. The number of fused-ring (bicyclic) bond motifs is 1. The van der Waals surface area contributed by atoms with Gasteiger partial charge in [0.15, 0.2) is 0 Å². The molecule has 0 spiro atoms. The molecule has 2 fully saturated rings. The van der Waals surface area contributed by atoms with Crippen molar-refractivity contribution >= 4 is 5.91 Å². The minimum atomic E-state index is 0.262. The average Bonchev–Trinajstić information content (AvgIpc) is 2.23. The summed E-state index contributed by atoms with van der Waals surface area (Å²) in [5, 5.41) is 0. The number of hydrogen-bond donors (Lipinski definition) is 0. The summed E-state index contributed by atoms with van der Waals surface area (Å²) >= 11 is 0. The van der Waals surface area contributed by atoms with Crippen LogP contribution in [-0.4, -0.2) is 23.4 Å². The van der Waals surface area contributed by atoms with Gasteiger partial charge in [0, 0.05) is 19.5 Å². The van der Waals surface area contributed by atoms with Crippen molar-refractivity contribution in [3.8, 4) is 0 Å². The van der Waals surface area contributed by atoms with E-state index in [1.165, 1.54) is 25.7 Å². The highest BCUT2D eigenvalue weighted by atomic mass is 16.2. The number of likely N-dealkylation sites (tertiary alicyclic amines) is 1. The van der Waals surface area contributed by atoms with Crippen LogP contribution in [0.5, 0.6) is 0 Å². The van der Waals surface area contributed by atoms with Gasteiger partial charge in [0.05, 0.1) is 0 Å². The van der Waals surface area contributed by atoms with Crippen molar-refractivity contribution in [2.75, 3.05) is 6.54 Å². The normalized spacial score (nSPS) is 41.1. The van der Waals surface area contributed by atoms with Gasteiger partial charge in [-0.2, -0.15) is 0 Å². The summed E-state index contributed by atoms with van der Waals surface area (Å²) in [7, 11) is 0. The molecule has 1 aliphatic heterocycles. The first-order valence-corrected chi connectivity index (χ1v) is 6.38.